The van der Waals surface area contributed by atoms with Crippen molar-refractivity contribution in [2.45, 2.75) is 19.8 Å². The Balaban J connectivity index is 2.44. The number of nitrogens with zero attached hydrogens (tertiary/aromatic N) is 1. The number of rotatable bonds is 8. The molecule has 0 atom stereocenters. The first-order valence-electron chi connectivity index (χ1n) is 5.67. The molecule has 1 rings (SSSR count). The molecule has 0 spiro atoms. The smallest absolute Gasteiger partial charge is 0.211 e. The lowest BCUT2D eigenvalue weighted by Gasteiger charge is -2.19. The Kier molecular flexibility index (Phi) is 5.82. The molecule has 0 aliphatic carbocycles. The number of carbonyl (C=O) groups is 1. The lowest BCUT2D eigenvalue weighted by molar-refractivity contribution is 0.0886. The van der Waals surface area contributed by atoms with Crippen molar-refractivity contribution in [2.24, 2.45) is 0 Å². The van der Waals surface area contributed by atoms with E-state index in [1.165, 1.54) is 6.26 Å². The number of aliphatic hydroxyl groups is 1. The maximum atomic E-state index is 11.7. The predicted octanol–water partition coefficient (Wildman–Crippen LogP) is 1.56. The second kappa shape index (κ2) is 7.19. The van der Waals surface area contributed by atoms with Crippen LogP contribution in [0.5, 0.6) is 0 Å². The van der Waals surface area contributed by atoms with Crippen LogP contribution in [0, 0.1) is 0 Å². The second-order valence-electron chi connectivity index (χ2n) is 3.75. The monoisotopic (exact) mass is 225 g/mol. The molecule has 0 amide bonds. The molecule has 4 nitrogen and oxygen atoms in total. The highest BCUT2D eigenvalue weighted by Crippen LogP contribution is 2.04. The lowest BCUT2D eigenvalue weighted by Crippen LogP contribution is -2.33. The van der Waals surface area contributed by atoms with E-state index in [9.17, 15) is 4.79 Å². The van der Waals surface area contributed by atoms with Crippen molar-refractivity contribution in [2.75, 3.05) is 26.2 Å². The second-order valence-corrected chi connectivity index (χ2v) is 3.75. The molecule has 0 aliphatic heterocycles. The molecule has 0 unspecified atom stereocenters. The zero-order valence-electron chi connectivity index (χ0n) is 9.69. The predicted molar refractivity (Wildman–Crippen MR) is 61.5 cm³/mol. The van der Waals surface area contributed by atoms with Gasteiger partial charge >= 0.3 is 0 Å². The molecule has 0 saturated carbocycles. The average Bonchev–Trinajstić information content (AvgIpc) is 2.79. The van der Waals surface area contributed by atoms with Gasteiger partial charge in [-0.25, -0.2) is 0 Å². The fourth-order valence-electron chi connectivity index (χ4n) is 1.51. The van der Waals surface area contributed by atoms with Gasteiger partial charge < -0.3 is 9.52 Å². The van der Waals surface area contributed by atoms with Crippen LogP contribution in [0.15, 0.2) is 22.8 Å². The summed E-state index contributed by atoms with van der Waals surface area (Å²) in [5.41, 5.74) is 0. The third-order valence-electron chi connectivity index (χ3n) is 2.41. The van der Waals surface area contributed by atoms with E-state index in [0.717, 1.165) is 19.4 Å². The molecule has 16 heavy (non-hydrogen) atoms. The summed E-state index contributed by atoms with van der Waals surface area (Å²) in [6.07, 6.45) is 3.61. The molecular formula is C12H19NO3. The molecular weight excluding hydrogens is 206 g/mol. The van der Waals surface area contributed by atoms with Crippen LogP contribution in [0.25, 0.3) is 0 Å². The molecule has 0 bridgehead atoms. The number of Topliss-reactive ketones (excluding diaryl/α,β-unsaturated/α-hetero) is 1. The van der Waals surface area contributed by atoms with Crippen molar-refractivity contribution in [1.82, 2.24) is 4.90 Å². The Morgan fingerprint density at radius 2 is 2.31 bits per heavy atom. The van der Waals surface area contributed by atoms with Crippen molar-refractivity contribution >= 4 is 5.78 Å². The van der Waals surface area contributed by atoms with Crippen LogP contribution in [0.2, 0.25) is 0 Å². The molecule has 0 aromatic carbocycles. The van der Waals surface area contributed by atoms with Gasteiger partial charge in [0.25, 0.3) is 0 Å². The zero-order valence-corrected chi connectivity index (χ0v) is 9.69. The van der Waals surface area contributed by atoms with Crippen molar-refractivity contribution in [1.29, 1.82) is 0 Å². The van der Waals surface area contributed by atoms with E-state index in [0.29, 0.717) is 18.8 Å². The maximum absolute atomic E-state index is 11.7. The summed E-state index contributed by atoms with van der Waals surface area (Å²) in [5.74, 6) is 0.356. The van der Waals surface area contributed by atoms with Gasteiger partial charge in [-0.1, -0.05) is 13.3 Å². The van der Waals surface area contributed by atoms with Gasteiger partial charge in [0.1, 0.15) is 0 Å². The fourth-order valence-corrected chi connectivity index (χ4v) is 1.51. The Morgan fingerprint density at radius 3 is 2.88 bits per heavy atom. The largest absolute Gasteiger partial charge is 0.461 e. The highest BCUT2D eigenvalue weighted by Gasteiger charge is 2.13. The maximum Gasteiger partial charge on any atom is 0.211 e. The summed E-state index contributed by atoms with van der Waals surface area (Å²) < 4.78 is 5.04. The van der Waals surface area contributed by atoms with Gasteiger partial charge in [-0.2, -0.15) is 0 Å². The van der Waals surface area contributed by atoms with Crippen LogP contribution in [0.1, 0.15) is 30.3 Å². The molecule has 1 N–H and O–H groups in total. The average molecular weight is 225 g/mol. The summed E-state index contributed by atoms with van der Waals surface area (Å²) in [4.78, 5) is 13.7. The number of unbranched alkanes of at least 4 members (excludes halogenated alkanes) is 1. The minimum absolute atomic E-state index is 0.0328. The SMILES string of the molecule is CCCCN(CCO)CC(=O)c1ccco1. The molecule has 0 fully saturated rings. The van der Waals surface area contributed by atoms with Gasteiger partial charge in [0.15, 0.2) is 5.76 Å². The minimum atomic E-state index is -0.0328. The third kappa shape index (κ3) is 4.16. The minimum Gasteiger partial charge on any atom is -0.461 e. The van der Waals surface area contributed by atoms with Crippen LogP contribution in [0.4, 0.5) is 0 Å². The van der Waals surface area contributed by atoms with Gasteiger partial charge in [0, 0.05) is 6.54 Å². The molecule has 1 heterocycles. The highest BCUT2D eigenvalue weighted by molar-refractivity contribution is 5.94. The van der Waals surface area contributed by atoms with E-state index in [-0.39, 0.29) is 12.4 Å². The lowest BCUT2D eigenvalue weighted by atomic mass is 10.2. The number of furan rings is 1. The van der Waals surface area contributed by atoms with E-state index in [1.807, 2.05) is 4.90 Å². The Morgan fingerprint density at radius 1 is 1.50 bits per heavy atom. The van der Waals surface area contributed by atoms with Crippen LogP contribution < -0.4 is 0 Å². The fraction of sp³-hybridized carbons (Fsp3) is 0.583. The number of hydrogen-bond acceptors (Lipinski definition) is 4. The van der Waals surface area contributed by atoms with Crippen molar-refractivity contribution < 1.29 is 14.3 Å². The Labute approximate surface area is 95.9 Å². The Bertz CT molecular complexity index is 295. The molecule has 0 saturated heterocycles. The number of hydrogen-bond donors (Lipinski definition) is 1. The van der Waals surface area contributed by atoms with Gasteiger partial charge in [-0.05, 0) is 25.1 Å². The quantitative estimate of drug-likeness (QED) is 0.682. The normalized spacial score (nSPS) is 10.9. The van der Waals surface area contributed by atoms with Gasteiger partial charge in [0.2, 0.25) is 5.78 Å². The van der Waals surface area contributed by atoms with E-state index in [2.05, 4.69) is 6.92 Å². The molecule has 1 aromatic heterocycles. The van der Waals surface area contributed by atoms with Gasteiger partial charge in [-0.3, -0.25) is 9.69 Å². The standard InChI is InChI=1S/C12H19NO3/c1-2-3-6-13(7-8-14)10-11(15)12-5-4-9-16-12/h4-5,9,14H,2-3,6-8,10H2,1H3. The summed E-state index contributed by atoms with van der Waals surface area (Å²) in [6, 6.07) is 3.37. The molecule has 0 radical (unpaired) electrons. The van der Waals surface area contributed by atoms with Crippen LogP contribution in [-0.2, 0) is 0 Å². The van der Waals surface area contributed by atoms with Crippen molar-refractivity contribution in [3.8, 4) is 0 Å². The van der Waals surface area contributed by atoms with Gasteiger partial charge in [0.05, 0.1) is 19.4 Å². The van der Waals surface area contributed by atoms with Crippen molar-refractivity contribution in [3.63, 3.8) is 0 Å². The van der Waals surface area contributed by atoms with E-state index < -0.39 is 0 Å². The van der Waals surface area contributed by atoms with Gasteiger partial charge in [-0.15, -0.1) is 0 Å². The number of aliphatic hydroxyl groups excluding tert-OH is 1. The molecule has 1 aromatic rings. The number of ketones is 1. The highest BCUT2D eigenvalue weighted by atomic mass is 16.3. The topological polar surface area (TPSA) is 53.7 Å². The zero-order chi connectivity index (χ0) is 11.8. The third-order valence-corrected chi connectivity index (χ3v) is 2.41. The molecule has 90 valence electrons. The first-order chi connectivity index (χ1) is 7.77. The van der Waals surface area contributed by atoms with E-state index in [1.54, 1.807) is 12.1 Å². The first-order valence-corrected chi connectivity index (χ1v) is 5.67. The van der Waals surface area contributed by atoms with Crippen LogP contribution >= 0.6 is 0 Å². The summed E-state index contributed by atoms with van der Waals surface area (Å²) in [5, 5.41) is 8.90. The van der Waals surface area contributed by atoms with E-state index >= 15 is 0 Å². The van der Waals surface area contributed by atoms with Crippen molar-refractivity contribution in [3.05, 3.63) is 24.2 Å². The molecule has 0 aliphatic rings. The Hall–Kier alpha value is -1.13. The van der Waals surface area contributed by atoms with Crippen LogP contribution in [-0.4, -0.2) is 42.0 Å². The molecule has 4 heteroatoms. The summed E-state index contributed by atoms with van der Waals surface area (Å²) in [6.45, 7) is 3.87. The number of carbonyl (C=O) groups excluding carboxylic acids is 1. The van der Waals surface area contributed by atoms with E-state index in [4.69, 9.17) is 9.52 Å². The summed E-state index contributed by atoms with van der Waals surface area (Å²) >= 11 is 0. The van der Waals surface area contributed by atoms with Crippen LogP contribution in [0.3, 0.4) is 0 Å². The summed E-state index contributed by atoms with van der Waals surface area (Å²) in [7, 11) is 0. The first kappa shape index (κ1) is 12.9.